The first-order valence-electron chi connectivity index (χ1n) is 11.1. The van der Waals surface area contributed by atoms with E-state index >= 15 is 0 Å². The monoisotopic (exact) mass is 494 g/mol. The molecule has 1 heterocycles. The summed E-state index contributed by atoms with van der Waals surface area (Å²) >= 11 is 1.38. The van der Waals surface area contributed by atoms with Crippen molar-refractivity contribution in [2.45, 2.75) is 25.2 Å². The van der Waals surface area contributed by atoms with Crippen molar-refractivity contribution in [1.82, 2.24) is 14.7 Å². The molecule has 2 rings (SSSR count). The fourth-order valence-corrected chi connectivity index (χ4v) is 3.95. The van der Waals surface area contributed by atoms with Crippen molar-refractivity contribution in [3.63, 3.8) is 0 Å². The lowest BCUT2D eigenvalue weighted by molar-refractivity contribution is -0.139. The molecule has 34 heavy (non-hydrogen) atoms. The molecule has 0 bridgehead atoms. The highest BCUT2D eigenvalue weighted by Crippen LogP contribution is 2.22. The van der Waals surface area contributed by atoms with Crippen molar-refractivity contribution in [1.29, 1.82) is 0 Å². The number of likely N-dealkylation sites (N-methyl/N-ethyl adjacent to an activating group) is 1. The smallest absolute Gasteiger partial charge is 0.409 e. The predicted octanol–water partition coefficient (Wildman–Crippen LogP) is 1.65. The van der Waals surface area contributed by atoms with Gasteiger partial charge in [-0.1, -0.05) is 12.1 Å². The topological polar surface area (TPSA) is 108 Å². The van der Waals surface area contributed by atoms with Gasteiger partial charge in [0.15, 0.2) is 0 Å². The summed E-state index contributed by atoms with van der Waals surface area (Å²) in [5, 5.41) is 2.73. The van der Waals surface area contributed by atoms with Crippen LogP contribution in [0.5, 0.6) is 0 Å². The van der Waals surface area contributed by atoms with E-state index in [-0.39, 0.29) is 55.8 Å². The van der Waals surface area contributed by atoms with Crippen LogP contribution in [0.3, 0.4) is 0 Å². The fraction of sp³-hybridized carbons (Fsp3) is 0.565. The molecule has 1 N–H and O–H groups in total. The third-order valence-electron chi connectivity index (χ3n) is 5.52. The zero-order valence-corrected chi connectivity index (χ0v) is 21.1. The quantitative estimate of drug-likeness (QED) is 0.326. The van der Waals surface area contributed by atoms with Gasteiger partial charge in [-0.15, -0.1) is 0 Å². The summed E-state index contributed by atoms with van der Waals surface area (Å²) in [6.45, 7) is 3.29. The number of anilines is 1. The van der Waals surface area contributed by atoms with Crippen LogP contribution < -0.4 is 5.32 Å². The Balaban J connectivity index is 1.66. The number of rotatable bonds is 13. The Morgan fingerprint density at radius 3 is 2.44 bits per heavy atom. The Labute approximate surface area is 204 Å². The second-order valence-electron chi connectivity index (χ2n) is 7.85. The Bertz CT molecular complexity index is 850. The third kappa shape index (κ3) is 8.21. The van der Waals surface area contributed by atoms with Gasteiger partial charge in [0.25, 0.3) is 0 Å². The lowest BCUT2D eigenvalue weighted by Crippen LogP contribution is -2.40. The normalized spacial score (nSPS) is 15.4. The zero-order valence-electron chi connectivity index (χ0n) is 20.2. The van der Waals surface area contributed by atoms with Crippen LogP contribution in [0.25, 0.3) is 0 Å². The summed E-state index contributed by atoms with van der Waals surface area (Å²) in [4.78, 5) is 52.4. The average molecular weight is 495 g/mol. The lowest BCUT2D eigenvalue weighted by atomic mass is 10.2. The van der Waals surface area contributed by atoms with Crippen LogP contribution in [0.4, 0.5) is 10.5 Å². The van der Waals surface area contributed by atoms with Crippen molar-refractivity contribution >= 4 is 41.3 Å². The number of ether oxygens (including phenoxy) is 2. The van der Waals surface area contributed by atoms with E-state index in [0.29, 0.717) is 19.6 Å². The molecule has 0 spiro atoms. The molecule has 0 aromatic heterocycles. The van der Waals surface area contributed by atoms with E-state index in [9.17, 15) is 19.2 Å². The number of hydrogen-bond acceptors (Lipinski definition) is 8. The number of imide groups is 1. The van der Waals surface area contributed by atoms with Crippen LogP contribution in [0, 0.1) is 0 Å². The first kappa shape index (κ1) is 27.5. The van der Waals surface area contributed by atoms with Gasteiger partial charge in [0.2, 0.25) is 17.7 Å². The second-order valence-corrected chi connectivity index (χ2v) is 8.89. The zero-order chi connectivity index (χ0) is 25.1. The van der Waals surface area contributed by atoms with Crippen molar-refractivity contribution in [3.05, 3.63) is 29.8 Å². The summed E-state index contributed by atoms with van der Waals surface area (Å²) < 4.78 is 10.9. The van der Waals surface area contributed by atoms with Gasteiger partial charge in [0.05, 0.1) is 25.0 Å². The first-order valence-corrected chi connectivity index (χ1v) is 12.4. The molecule has 1 aromatic carbocycles. The number of likely N-dealkylation sites (tertiary alicyclic amines) is 1. The molecule has 11 heteroatoms. The summed E-state index contributed by atoms with van der Waals surface area (Å²) in [5.41, 5.74) is 1.85. The second kappa shape index (κ2) is 13.8. The van der Waals surface area contributed by atoms with Crippen LogP contribution in [0.15, 0.2) is 24.3 Å². The van der Waals surface area contributed by atoms with Crippen LogP contribution in [-0.2, 0) is 30.5 Å². The van der Waals surface area contributed by atoms with Crippen LogP contribution in [0.2, 0.25) is 0 Å². The van der Waals surface area contributed by atoms with Crippen molar-refractivity contribution in [2.24, 2.45) is 0 Å². The van der Waals surface area contributed by atoms with E-state index in [1.165, 1.54) is 28.5 Å². The molecule has 1 atom stereocenters. The minimum absolute atomic E-state index is 0.136. The minimum atomic E-state index is -0.471. The number of amides is 4. The van der Waals surface area contributed by atoms with E-state index in [1.54, 1.807) is 11.9 Å². The van der Waals surface area contributed by atoms with Gasteiger partial charge in [0, 0.05) is 52.8 Å². The third-order valence-corrected chi connectivity index (χ3v) is 6.46. The summed E-state index contributed by atoms with van der Waals surface area (Å²) in [7, 11) is 3.45. The van der Waals surface area contributed by atoms with Gasteiger partial charge in [-0.3, -0.25) is 19.3 Å². The van der Waals surface area contributed by atoms with E-state index in [2.05, 4.69) is 5.32 Å². The molecule has 0 aliphatic carbocycles. The van der Waals surface area contributed by atoms with Gasteiger partial charge in [-0.05, 0) is 24.0 Å². The molecule has 1 aliphatic rings. The standard InChI is InChI=1S/C23H34N4O6S/c1-17(28)26(11-13-32-14-12-27-21(29)15-20(34-4)22(27)30)10-9-25(3)23(31)33-16-18-5-7-19(24-2)8-6-18/h5-8,20,24H,9-16H2,1-4H3. The highest BCUT2D eigenvalue weighted by Gasteiger charge is 2.37. The molecular formula is C23H34N4O6S. The minimum Gasteiger partial charge on any atom is -0.445 e. The first-order chi connectivity index (χ1) is 16.3. The maximum atomic E-state index is 12.2. The fourth-order valence-electron chi connectivity index (χ4n) is 3.32. The van der Waals surface area contributed by atoms with Crippen LogP contribution >= 0.6 is 11.8 Å². The molecule has 188 valence electrons. The van der Waals surface area contributed by atoms with Gasteiger partial charge in [-0.25, -0.2) is 4.79 Å². The number of benzene rings is 1. The van der Waals surface area contributed by atoms with Crippen LogP contribution in [-0.4, -0.2) is 104 Å². The Morgan fingerprint density at radius 2 is 1.85 bits per heavy atom. The molecule has 1 aromatic rings. The van der Waals surface area contributed by atoms with Gasteiger partial charge in [0.1, 0.15) is 6.61 Å². The summed E-state index contributed by atoms with van der Waals surface area (Å²) in [5.74, 6) is -0.484. The molecule has 4 amide bonds. The maximum Gasteiger partial charge on any atom is 0.409 e. The van der Waals surface area contributed by atoms with Crippen molar-refractivity contribution < 1.29 is 28.7 Å². The van der Waals surface area contributed by atoms with E-state index in [0.717, 1.165) is 11.3 Å². The van der Waals surface area contributed by atoms with Gasteiger partial charge >= 0.3 is 6.09 Å². The predicted molar refractivity (Wildman–Crippen MR) is 131 cm³/mol. The highest BCUT2D eigenvalue weighted by atomic mass is 32.2. The van der Waals surface area contributed by atoms with Crippen LogP contribution in [0.1, 0.15) is 18.9 Å². The summed E-state index contributed by atoms with van der Waals surface area (Å²) in [6, 6.07) is 7.57. The van der Waals surface area contributed by atoms with Gasteiger partial charge < -0.3 is 24.6 Å². The van der Waals surface area contributed by atoms with E-state index in [4.69, 9.17) is 9.47 Å². The van der Waals surface area contributed by atoms with Gasteiger partial charge in [-0.2, -0.15) is 11.8 Å². The molecule has 1 saturated heterocycles. The van der Waals surface area contributed by atoms with Crippen molar-refractivity contribution in [2.75, 3.05) is 65.1 Å². The average Bonchev–Trinajstić information content (AvgIpc) is 3.11. The maximum absolute atomic E-state index is 12.2. The number of nitrogens with one attached hydrogen (secondary N) is 1. The Morgan fingerprint density at radius 1 is 1.15 bits per heavy atom. The van der Waals surface area contributed by atoms with E-state index in [1.807, 2.05) is 37.6 Å². The molecule has 10 nitrogen and oxygen atoms in total. The number of nitrogens with zero attached hydrogens (tertiary/aromatic N) is 3. The SMILES string of the molecule is CNc1ccc(COC(=O)N(C)CCN(CCOCCN2C(=O)CC(SC)C2=O)C(C)=O)cc1. The van der Waals surface area contributed by atoms with E-state index < -0.39 is 6.09 Å². The number of carbonyl (C=O) groups excluding carboxylic acids is 4. The van der Waals surface area contributed by atoms with Crippen molar-refractivity contribution in [3.8, 4) is 0 Å². The number of hydrogen-bond donors (Lipinski definition) is 1. The number of carbonyl (C=O) groups is 4. The highest BCUT2D eigenvalue weighted by molar-refractivity contribution is 8.00. The Kier molecular flexibility index (Phi) is 11.1. The molecule has 0 saturated carbocycles. The molecule has 1 aliphatic heterocycles. The largest absolute Gasteiger partial charge is 0.445 e. The number of thioether (sulfide) groups is 1. The molecular weight excluding hydrogens is 460 g/mol. The molecule has 0 radical (unpaired) electrons. The molecule has 1 fully saturated rings. The summed E-state index contributed by atoms with van der Waals surface area (Å²) in [6.07, 6.45) is 1.57. The lowest BCUT2D eigenvalue weighted by Gasteiger charge is -2.24. The molecule has 1 unspecified atom stereocenters. The Hall–Kier alpha value is -2.79.